The van der Waals surface area contributed by atoms with Crippen LogP contribution in [-0.4, -0.2) is 55.3 Å². The molecule has 2 aromatic heterocycles. The van der Waals surface area contributed by atoms with Crippen molar-refractivity contribution in [2.45, 2.75) is 44.7 Å². The van der Waals surface area contributed by atoms with Crippen molar-refractivity contribution in [1.29, 1.82) is 0 Å². The van der Waals surface area contributed by atoms with Gasteiger partial charge in [-0.3, -0.25) is 23.7 Å². The van der Waals surface area contributed by atoms with Gasteiger partial charge >= 0.3 is 7.75 Å². The topological polar surface area (TPSA) is 184 Å². The van der Waals surface area contributed by atoms with Crippen LogP contribution in [0.5, 0.6) is 5.75 Å². The number of nitrogens with zero attached hydrogens (tertiary/aromatic N) is 3. The van der Waals surface area contributed by atoms with Gasteiger partial charge < -0.3 is 20.1 Å². The summed E-state index contributed by atoms with van der Waals surface area (Å²) in [6, 6.07) is 7.55. The molecule has 0 radical (unpaired) electrons. The van der Waals surface area contributed by atoms with Gasteiger partial charge in [-0.15, -0.1) is 0 Å². The summed E-state index contributed by atoms with van der Waals surface area (Å²) in [6.07, 6.45) is -1.09. The molecule has 1 saturated heterocycles. The van der Waals surface area contributed by atoms with Crippen LogP contribution in [0.4, 0.5) is 5.95 Å². The van der Waals surface area contributed by atoms with E-state index in [0.29, 0.717) is 0 Å². The molecule has 0 amide bonds. The van der Waals surface area contributed by atoms with Crippen LogP contribution in [0, 0.1) is 0 Å². The van der Waals surface area contributed by atoms with E-state index in [9.17, 15) is 19.3 Å². The number of carbonyl (C=O) groups is 1. The molecular formula is C20H25N6O7P. The zero-order chi connectivity index (χ0) is 24.5. The van der Waals surface area contributed by atoms with Crippen molar-refractivity contribution in [1.82, 2.24) is 24.6 Å². The summed E-state index contributed by atoms with van der Waals surface area (Å²) in [4.78, 5) is 34.2. The lowest BCUT2D eigenvalue weighted by Crippen LogP contribution is -2.34. The number of nitrogens with two attached hydrogens (primary N) is 1. The van der Waals surface area contributed by atoms with E-state index >= 15 is 0 Å². The molecule has 0 aliphatic carbocycles. The number of imidazole rings is 1. The highest BCUT2D eigenvalue weighted by molar-refractivity contribution is 7.52. The molecule has 182 valence electrons. The Labute approximate surface area is 193 Å². The number of aliphatic hydroxyl groups is 1. The molecule has 3 heterocycles. The molecule has 1 aromatic carbocycles. The first-order chi connectivity index (χ1) is 16.1. The number of carbonyl (C=O) groups excluding carboxylic acids is 1. The van der Waals surface area contributed by atoms with E-state index in [2.05, 4.69) is 20.0 Å². The number of ether oxygens (including phenoxy) is 1. The Hall–Kier alpha value is -3.09. The highest BCUT2D eigenvalue weighted by atomic mass is 31.2. The third kappa shape index (κ3) is 5.18. The molecule has 1 aliphatic rings. The number of para-hydroxylation sites is 1. The Morgan fingerprint density at radius 2 is 2.18 bits per heavy atom. The van der Waals surface area contributed by atoms with Gasteiger partial charge in [0.2, 0.25) is 5.95 Å². The number of aromatic amines is 1. The maximum absolute atomic E-state index is 13.4. The number of H-pyrrole nitrogens is 1. The highest BCUT2D eigenvalue weighted by Gasteiger charge is 2.39. The lowest BCUT2D eigenvalue weighted by Gasteiger charge is -2.24. The van der Waals surface area contributed by atoms with Crippen LogP contribution in [0.3, 0.4) is 0 Å². The molecule has 0 spiro atoms. The fraction of sp³-hybridized carbons (Fsp3) is 0.400. The Morgan fingerprint density at radius 3 is 2.88 bits per heavy atom. The number of hydrogen-bond acceptors (Lipinski definition) is 10. The van der Waals surface area contributed by atoms with Gasteiger partial charge in [0, 0.05) is 6.42 Å². The van der Waals surface area contributed by atoms with Gasteiger partial charge in [0.05, 0.1) is 25.1 Å². The van der Waals surface area contributed by atoms with Gasteiger partial charge in [0.25, 0.3) is 5.56 Å². The number of hydrogen-bond donors (Lipinski definition) is 4. The molecule has 5 atom stereocenters. The SMILES string of the molecule is CC(=O)[C@H](C)NP(=O)(OC[C@H]1O[C@@H](n2cnc3c(=O)[nH]c(N)nc32)C[C@H]1O)Oc1ccccc1. The van der Waals surface area contributed by atoms with Crippen LogP contribution < -0.4 is 20.9 Å². The van der Waals surface area contributed by atoms with Crippen LogP contribution in [0.15, 0.2) is 41.5 Å². The summed E-state index contributed by atoms with van der Waals surface area (Å²) in [5.74, 6) is -0.0626. The van der Waals surface area contributed by atoms with E-state index in [-0.39, 0.29) is 41.7 Å². The maximum Gasteiger partial charge on any atom is 0.459 e. The fourth-order valence-electron chi connectivity index (χ4n) is 3.40. The minimum atomic E-state index is -4.02. The monoisotopic (exact) mass is 492 g/mol. The third-order valence-corrected chi connectivity index (χ3v) is 6.95. The fourth-order valence-corrected chi connectivity index (χ4v) is 4.98. The average molecular weight is 492 g/mol. The molecule has 0 bridgehead atoms. The number of fused-ring (bicyclic) bond motifs is 1. The molecular weight excluding hydrogens is 467 g/mol. The van der Waals surface area contributed by atoms with Crippen LogP contribution in [-0.2, 0) is 18.6 Å². The van der Waals surface area contributed by atoms with E-state index in [1.165, 1.54) is 24.7 Å². The van der Waals surface area contributed by atoms with E-state index in [1.807, 2.05) is 0 Å². The second-order valence-corrected chi connectivity index (χ2v) is 9.56. The summed E-state index contributed by atoms with van der Waals surface area (Å²) in [6.45, 7) is 2.58. The number of aromatic nitrogens is 4. The molecule has 3 aromatic rings. The van der Waals surface area contributed by atoms with E-state index < -0.39 is 37.8 Å². The molecule has 0 saturated carbocycles. The summed E-state index contributed by atoms with van der Waals surface area (Å²) >= 11 is 0. The van der Waals surface area contributed by atoms with Crippen molar-refractivity contribution in [3.63, 3.8) is 0 Å². The Kier molecular flexibility index (Phi) is 6.82. The van der Waals surface area contributed by atoms with Crippen LogP contribution in [0.2, 0.25) is 0 Å². The molecule has 1 unspecified atom stereocenters. The number of rotatable bonds is 9. The van der Waals surface area contributed by atoms with Gasteiger partial charge in [-0.05, 0) is 26.0 Å². The number of nitrogens with one attached hydrogen (secondary N) is 2. The maximum atomic E-state index is 13.4. The average Bonchev–Trinajstić information content (AvgIpc) is 3.36. The molecule has 4 rings (SSSR count). The quantitative estimate of drug-likeness (QED) is 0.314. The normalized spacial score (nSPS) is 23.0. The number of benzene rings is 1. The molecule has 14 heteroatoms. The number of aliphatic hydroxyl groups excluding tert-OH is 1. The van der Waals surface area contributed by atoms with Crippen molar-refractivity contribution >= 4 is 30.6 Å². The third-order valence-electron chi connectivity index (χ3n) is 5.30. The summed E-state index contributed by atoms with van der Waals surface area (Å²) in [7, 11) is -4.02. The van der Waals surface area contributed by atoms with Gasteiger partial charge in [-0.1, -0.05) is 18.2 Å². The summed E-state index contributed by atoms with van der Waals surface area (Å²) in [5, 5.41) is 13.1. The first-order valence-electron chi connectivity index (χ1n) is 10.5. The molecule has 1 fully saturated rings. The zero-order valence-electron chi connectivity index (χ0n) is 18.5. The minimum Gasteiger partial charge on any atom is -0.413 e. The second kappa shape index (κ2) is 9.65. The Bertz CT molecular complexity index is 1280. The number of Topliss-reactive ketones (excluding diaryl/α,β-unsaturated/α-hetero) is 1. The van der Waals surface area contributed by atoms with Crippen molar-refractivity contribution < 1.29 is 28.3 Å². The van der Waals surface area contributed by atoms with E-state index in [4.69, 9.17) is 19.5 Å². The predicted octanol–water partition coefficient (Wildman–Crippen LogP) is 1.12. The summed E-state index contributed by atoms with van der Waals surface area (Å²) in [5.41, 5.74) is 5.42. The molecule has 1 aliphatic heterocycles. The standard InChI is InChI=1S/C20H25N6O7P/c1-11(12(2)27)25-34(30,33-13-6-4-3-5-7-13)31-9-15-14(28)8-16(32-15)26-10-22-17-18(26)23-20(21)24-19(17)29/h3-7,10-11,14-16,28H,8-9H2,1-2H3,(H,25,30)(H3,21,23,24,29)/t11-,14+,15+,16+,34?/m0/s1. The number of anilines is 1. The second-order valence-electron chi connectivity index (χ2n) is 7.87. The van der Waals surface area contributed by atoms with Crippen molar-refractivity contribution in [2.75, 3.05) is 12.3 Å². The van der Waals surface area contributed by atoms with Crippen LogP contribution in [0.25, 0.3) is 11.2 Å². The zero-order valence-corrected chi connectivity index (χ0v) is 19.3. The van der Waals surface area contributed by atoms with Crippen LogP contribution in [0.1, 0.15) is 26.5 Å². The van der Waals surface area contributed by atoms with Gasteiger partial charge in [0.15, 0.2) is 11.2 Å². The Morgan fingerprint density at radius 1 is 1.44 bits per heavy atom. The highest BCUT2D eigenvalue weighted by Crippen LogP contribution is 2.46. The van der Waals surface area contributed by atoms with Crippen molar-refractivity contribution in [3.8, 4) is 5.75 Å². The first-order valence-corrected chi connectivity index (χ1v) is 12.0. The number of nitrogen functional groups attached to an aromatic ring is 1. The smallest absolute Gasteiger partial charge is 0.413 e. The molecule has 13 nitrogen and oxygen atoms in total. The van der Waals surface area contributed by atoms with Crippen LogP contribution >= 0.6 is 7.75 Å². The van der Waals surface area contributed by atoms with E-state index in [1.54, 1.807) is 30.3 Å². The van der Waals surface area contributed by atoms with Gasteiger partial charge in [-0.2, -0.15) is 4.98 Å². The van der Waals surface area contributed by atoms with E-state index in [0.717, 1.165) is 0 Å². The first kappa shape index (κ1) is 24.0. The predicted molar refractivity (Wildman–Crippen MR) is 121 cm³/mol. The Balaban J connectivity index is 1.49. The number of ketones is 1. The van der Waals surface area contributed by atoms with Gasteiger partial charge in [0.1, 0.15) is 23.9 Å². The lowest BCUT2D eigenvalue weighted by molar-refractivity contribution is -0.118. The van der Waals surface area contributed by atoms with Gasteiger partial charge in [-0.25, -0.2) is 14.6 Å². The largest absolute Gasteiger partial charge is 0.459 e. The minimum absolute atomic E-state index is 0.0789. The summed E-state index contributed by atoms with van der Waals surface area (Å²) < 4.78 is 31.9. The van der Waals surface area contributed by atoms with Crippen molar-refractivity contribution in [3.05, 3.63) is 47.0 Å². The molecule has 34 heavy (non-hydrogen) atoms. The molecule has 5 N–H and O–H groups in total. The lowest BCUT2D eigenvalue weighted by atomic mass is 10.2. The van der Waals surface area contributed by atoms with Crippen molar-refractivity contribution in [2.24, 2.45) is 0 Å².